The number of ether oxygens (including phenoxy) is 1. The van der Waals surface area contributed by atoms with E-state index in [9.17, 15) is 4.79 Å². The second-order valence-corrected chi connectivity index (χ2v) is 4.78. The van der Waals surface area contributed by atoms with Crippen molar-refractivity contribution in [2.75, 3.05) is 6.61 Å². The first-order chi connectivity index (χ1) is 11.3. The first-order valence-electron chi connectivity index (χ1n) is 7.29. The molecule has 0 aliphatic rings. The maximum absolute atomic E-state index is 12.3. The molecule has 0 bridgehead atoms. The standard InChI is InChI=1S/C18H15N3O2/c1-2-23-18(22)16-15(13-6-4-3-5-7-13)12-20-17(21-16)14-8-10-19-11-9-14/h3-12H,2H2,1H3. The van der Waals surface area contributed by atoms with Crippen molar-refractivity contribution in [2.24, 2.45) is 0 Å². The van der Waals surface area contributed by atoms with Gasteiger partial charge in [-0.1, -0.05) is 30.3 Å². The van der Waals surface area contributed by atoms with Crippen LogP contribution in [-0.2, 0) is 4.74 Å². The predicted molar refractivity (Wildman–Crippen MR) is 86.7 cm³/mol. The Bertz CT molecular complexity index is 805. The van der Waals surface area contributed by atoms with Crippen molar-refractivity contribution in [3.63, 3.8) is 0 Å². The highest BCUT2D eigenvalue weighted by molar-refractivity contribution is 5.95. The lowest BCUT2D eigenvalue weighted by Gasteiger charge is -2.09. The molecule has 0 spiro atoms. The van der Waals surface area contributed by atoms with E-state index in [4.69, 9.17) is 4.74 Å². The zero-order valence-electron chi connectivity index (χ0n) is 12.6. The third-order valence-corrected chi connectivity index (χ3v) is 3.28. The smallest absolute Gasteiger partial charge is 0.357 e. The van der Waals surface area contributed by atoms with Crippen LogP contribution in [0, 0.1) is 0 Å². The van der Waals surface area contributed by atoms with Crippen LogP contribution >= 0.6 is 0 Å². The average Bonchev–Trinajstić information content (AvgIpc) is 2.63. The number of carbonyl (C=O) groups excluding carboxylic acids is 1. The van der Waals surface area contributed by atoms with Crippen LogP contribution in [0.1, 0.15) is 17.4 Å². The SMILES string of the molecule is CCOC(=O)c1nc(-c2ccncc2)ncc1-c1ccccc1. The number of pyridine rings is 1. The summed E-state index contributed by atoms with van der Waals surface area (Å²) >= 11 is 0. The van der Waals surface area contributed by atoms with E-state index in [1.165, 1.54) is 0 Å². The van der Waals surface area contributed by atoms with Gasteiger partial charge in [0.15, 0.2) is 11.5 Å². The van der Waals surface area contributed by atoms with Crippen LogP contribution in [0.25, 0.3) is 22.5 Å². The minimum absolute atomic E-state index is 0.264. The van der Waals surface area contributed by atoms with Gasteiger partial charge in [0.2, 0.25) is 0 Å². The Balaban J connectivity index is 2.12. The molecule has 0 saturated carbocycles. The minimum Gasteiger partial charge on any atom is -0.461 e. The van der Waals surface area contributed by atoms with Crippen molar-refractivity contribution in [3.8, 4) is 22.5 Å². The lowest BCUT2D eigenvalue weighted by atomic mass is 10.1. The van der Waals surface area contributed by atoms with E-state index in [-0.39, 0.29) is 5.69 Å². The number of hydrogen-bond donors (Lipinski definition) is 0. The Labute approximate surface area is 134 Å². The number of aromatic nitrogens is 3. The van der Waals surface area contributed by atoms with Gasteiger partial charge in [-0.25, -0.2) is 14.8 Å². The molecule has 0 aliphatic heterocycles. The molecule has 23 heavy (non-hydrogen) atoms. The molecule has 114 valence electrons. The number of benzene rings is 1. The van der Waals surface area contributed by atoms with Gasteiger partial charge in [0.1, 0.15) is 0 Å². The molecule has 0 unspecified atom stereocenters. The molecule has 5 nitrogen and oxygen atoms in total. The Morgan fingerprint density at radius 1 is 1.04 bits per heavy atom. The molecular weight excluding hydrogens is 290 g/mol. The molecule has 2 aromatic heterocycles. The highest BCUT2D eigenvalue weighted by Gasteiger charge is 2.18. The summed E-state index contributed by atoms with van der Waals surface area (Å²) < 4.78 is 5.14. The van der Waals surface area contributed by atoms with Crippen LogP contribution in [0.4, 0.5) is 0 Å². The largest absolute Gasteiger partial charge is 0.461 e. The number of esters is 1. The van der Waals surface area contributed by atoms with Crippen LogP contribution in [0.5, 0.6) is 0 Å². The van der Waals surface area contributed by atoms with E-state index in [0.717, 1.165) is 11.1 Å². The number of rotatable bonds is 4. The lowest BCUT2D eigenvalue weighted by Crippen LogP contribution is -2.10. The zero-order valence-corrected chi connectivity index (χ0v) is 12.6. The summed E-state index contributed by atoms with van der Waals surface area (Å²) in [6, 6.07) is 13.1. The van der Waals surface area contributed by atoms with Gasteiger partial charge in [-0.3, -0.25) is 4.98 Å². The van der Waals surface area contributed by atoms with Crippen molar-refractivity contribution in [2.45, 2.75) is 6.92 Å². The molecule has 0 fully saturated rings. The number of hydrogen-bond acceptors (Lipinski definition) is 5. The summed E-state index contributed by atoms with van der Waals surface area (Å²) in [6.07, 6.45) is 4.98. The molecule has 0 amide bonds. The van der Waals surface area contributed by atoms with E-state index >= 15 is 0 Å². The first-order valence-corrected chi connectivity index (χ1v) is 7.29. The van der Waals surface area contributed by atoms with Gasteiger partial charge in [-0.15, -0.1) is 0 Å². The van der Waals surface area contributed by atoms with Gasteiger partial charge < -0.3 is 4.74 Å². The van der Waals surface area contributed by atoms with Crippen molar-refractivity contribution >= 4 is 5.97 Å². The van der Waals surface area contributed by atoms with Gasteiger partial charge >= 0.3 is 5.97 Å². The Kier molecular flexibility index (Phi) is 4.38. The highest BCUT2D eigenvalue weighted by Crippen LogP contribution is 2.24. The van der Waals surface area contributed by atoms with Gasteiger partial charge in [0.05, 0.1) is 6.61 Å². The van der Waals surface area contributed by atoms with Gasteiger partial charge in [-0.05, 0) is 24.6 Å². The summed E-state index contributed by atoms with van der Waals surface area (Å²) in [7, 11) is 0. The van der Waals surface area contributed by atoms with E-state index < -0.39 is 5.97 Å². The maximum Gasteiger partial charge on any atom is 0.357 e. The van der Waals surface area contributed by atoms with Crippen molar-refractivity contribution < 1.29 is 9.53 Å². The minimum atomic E-state index is -0.455. The van der Waals surface area contributed by atoms with E-state index in [1.54, 1.807) is 37.6 Å². The van der Waals surface area contributed by atoms with Gasteiger partial charge in [0, 0.05) is 29.7 Å². The summed E-state index contributed by atoms with van der Waals surface area (Å²) in [5.74, 6) is 0.0131. The van der Waals surface area contributed by atoms with E-state index in [0.29, 0.717) is 18.0 Å². The Morgan fingerprint density at radius 2 is 1.78 bits per heavy atom. The second kappa shape index (κ2) is 6.79. The molecule has 2 heterocycles. The van der Waals surface area contributed by atoms with Crippen molar-refractivity contribution in [1.82, 2.24) is 15.0 Å². The molecule has 0 atom stereocenters. The topological polar surface area (TPSA) is 65.0 Å². The fourth-order valence-corrected chi connectivity index (χ4v) is 2.21. The van der Waals surface area contributed by atoms with Crippen LogP contribution < -0.4 is 0 Å². The monoisotopic (exact) mass is 305 g/mol. The van der Waals surface area contributed by atoms with Crippen LogP contribution in [-0.4, -0.2) is 27.5 Å². The number of nitrogens with zero attached hydrogens (tertiary/aromatic N) is 3. The molecular formula is C18H15N3O2. The Morgan fingerprint density at radius 3 is 2.48 bits per heavy atom. The van der Waals surface area contributed by atoms with Gasteiger partial charge in [-0.2, -0.15) is 0 Å². The second-order valence-electron chi connectivity index (χ2n) is 4.78. The molecule has 5 heteroatoms. The molecule has 0 radical (unpaired) electrons. The number of carbonyl (C=O) groups is 1. The highest BCUT2D eigenvalue weighted by atomic mass is 16.5. The van der Waals surface area contributed by atoms with E-state index in [2.05, 4.69) is 15.0 Å². The molecule has 1 aromatic carbocycles. The van der Waals surface area contributed by atoms with Crippen molar-refractivity contribution in [1.29, 1.82) is 0 Å². The fraction of sp³-hybridized carbons (Fsp3) is 0.111. The van der Waals surface area contributed by atoms with Gasteiger partial charge in [0.25, 0.3) is 0 Å². The normalized spacial score (nSPS) is 10.3. The fourth-order valence-electron chi connectivity index (χ4n) is 2.21. The summed E-state index contributed by atoms with van der Waals surface area (Å²) in [4.78, 5) is 25.1. The maximum atomic E-state index is 12.3. The third-order valence-electron chi connectivity index (χ3n) is 3.28. The first kappa shape index (κ1) is 14.8. The summed E-state index contributed by atoms with van der Waals surface area (Å²) in [5.41, 5.74) is 2.59. The quantitative estimate of drug-likeness (QED) is 0.691. The van der Waals surface area contributed by atoms with Crippen LogP contribution in [0.3, 0.4) is 0 Å². The molecule has 3 aromatic rings. The summed E-state index contributed by atoms with van der Waals surface area (Å²) in [5, 5.41) is 0. The zero-order chi connectivity index (χ0) is 16.1. The molecule has 0 aliphatic carbocycles. The van der Waals surface area contributed by atoms with Crippen LogP contribution in [0.15, 0.2) is 61.1 Å². The Hall–Kier alpha value is -3.08. The predicted octanol–water partition coefficient (Wildman–Crippen LogP) is 3.38. The molecule has 0 N–H and O–H groups in total. The average molecular weight is 305 g/mol. The lowest BCUT2D eigenvalue weighted by molar-refractivity contribution is 0.0520. The van der Waals surface area contributed by atoms with Crippen LogP contribution in [0.2, 0.25) is 0 Å². The molecule has 3 rings (SSSR count). The van der Waals surface area contributed by atoms with Crippen molar-refractivity contribution in [3.05, 3.63) is 66.7 Å². The molecule has 0 saturated heterocycles. The van der Waals surface area contributed by atoms with E-state index in [1.807, 2.05) is 30.3 Å². The summed E-state index contributed by atoms with van der Waals surface area (Å²) in [6.45, 7) is 2.06. The third kappa shape index (κ3) is 3.23.